The SMILES string of the molecule is CCCS(=O)(=O)CCOc1ccc([C@H](C)O)cc1Cl. The van der Waals surface area contributed by atoms with Gasteiger partial charge in [0.1, 0.15) is 12.4 Å². The van der Waals surface area contributed by atoms with Gasteiger partial charge >= 0.3 is 0 Å². The van der Waals surface area contributed by atoms with Crippen molar-refractivity contribution in [1.82, 2.24) is 0 Å². The summed E-state index contributed by atoms with van der Waals surface area (Å²) >= 11 is 6.00. The number of hydrogen-bond donors (Lipinski definition) is 1. The summed E-state index contributed by atoms with van der Waals surface area (Å²) < 4.78 is 28.4. The predicted molar refractivity (Wildman–Crippen MR) is 76.5 cm³/mol. The van der Waals surface area contributed by atoms with E-state index in [0.717, 1.165) is 0 Å². The maximum atomic E-state index is 11.5. The molecule has 1 rings (SSSR count). The van der Waals surface area contributed by atoms with E-state index in [-0.39, 0.29) is 18.1 Å². The number of sulfone groups is 1. The van der Waals surface area contributed by atoms with Crippen LogP contribution in [0.2, 0.25) is 5.02 Å². The molecule has 0 aliphatic heterocycles. The number of rotatable bonds is 7. The topological polar surface area (TPSA) is 63.6 Å². The summed E-state index contributed by atoms with van der Waals surface area (Å²) in [6.45, 7) is 3.55. The number of hydrogen-bond acceptors (Lipinski definition) is 4. The Kier molecular flexibility index (Phi) is 6.10. The molecule has 0 fully saturated rings. The van der Waals surface area contributed by atoms with Crippen molar-refractivity contribution in [2.75, 3.05) is 18.1 Å². The second kappa shape index (κ2) is 7.12. The minimum absolute atomic E-state index is 0.0185. The van der Waals surface area contributed by atoms with Crippen molar-refractivity contribution in [3.63, 3.8) is 0 Å². The van der Waals surface area contributed by atoms with Crippen LogP contribution in [0.3, 0.4) is 0 Å². The van der Waals surface area contributed by atoms with Gasteiger partial charge in [0.25, 0.3) is 0 Å². The molecular weight excluding hydrogens is 288 g/mol. The molecular formula is C13H19ClO4S. The third kappa shape index (κ3) is 5.38. The molecule has 108 valence electrons. The van der Waals surface area contributed by atoms with Gasteiger partial charge in [-0.1, -0.05) is 24.6 Å². The molecule has 0 heterocycles. The molecule has 1 aromatic rings. The normalized spacial score (nSPS) is 13.3. The first kappa shape index (κ1) is 16.3. The fourth-order valence-corrected chi connectivity index (χ4v) is 2.99. The molecule has 4 nitrogen and oxygen atoms in total. The molecule has 0 spiro atoms. The van der Waals surface area contributed by atoms with Gasteiger partial charge in [0.15, 0.2) is 9.84 Å². The number of aliphatic hydroxyl groups excluding tert-OH is 1. The fourth-order valence-electron chi connectivity index (χ4n) is 1.59. The second-order valence-electron chi connectivity index (χ2n) is 4.37. The highest BCUT2D eigenvalue weighted by Gasteiger charge is 2.11. The Morgan fingerprint density at radius 3 is 2.58 bits per heavy atom. The standard InChI is InChI=1S/C13H19ClO4S/c1-3-7-19(16,17)8-6-18-13-5-4-11(10(2)15)9-12(13)14/h4-5,9-10,15H,3,6-8H2,1-2H3/t10-/m0/s1. The van der Waals surface area contributed by atoms with Gasteiger partial charge in [0, 0.05) is 0 Å². The summed E-state index contributed by atoms with van der Waals surface area (Å²) in [6, 6.07) is 4.95. The van der Waals surface area contributed by atoms with Crippen LogP contribution in [0.25, 0.3) is 0 Å². The van der Waals surface area contributed by atoms with Gasteiger partial charge < -0.3 is 9.84 Å². The summed E-state index contributed by atoms with van der Waals surface area (Å²) in [6.07, 6.45) is 0.00287. The van der Waals surface area contributed by atoms with Gasteiger partial charge in [-0.05, 0) is 31.0 Å². The molecule has 0 saturated heterocycles. The Morgan fingerprint density at radius 2 is 2.05 bits per heavy atom. The lowest BCUT2D eigenvalue weighted by Gasteiger charge is -2.11. The minimum atomic E-state index is -3.04. The van der Waals surface area contributed by atoms with E-state index in [1.807, 2.05) is 6.92 Å². The maximum Gasteiger partial charge on any atom is 0.153 e. The molecule has 0 unspecified atom stereocenters. The average molecular weight is 307 g/mol. The molecule has 0 saturated carbocycles. The molecule has 1 N–H and O–H groups in total. The summed E-state index contributed by atoms with van der Waals surface area (Å²) in [7, 11) is -3.04. The van der Waals surface area contributed by atoms with Crippen molar-refractivity contribution >= 4 is 21.4 Å². The van der Waals surface area contributed by atoms with Crippen LogP contribution in [0.15, 0.2) is 18.2 Å². The summed E-state index contributed by atoms with van der Waals surface area (Å²) in [5, 5.41) is 9.77. The van der Waals surface area contributed by atoms with Crippen molar-refractivity contribution in [2.45, 2.75) is 26.4 Å². The molecule has 0 aromatic heterocycles. The van der Waals surface area contributed by atoms with Gasteiger partial charge in [-0.25, -0.2) is 8.42 Å². The van der Waals surface area contributed by atoms with Gasteiger partial charge in [-0.3, -0.25) is 0 Å². The Hall–Kier alpha value is -0.780. The van der Waals surface area contributed by atoms with Crippen LogP contribution >= 0.6 is 11.6 Å². The lowest BCUT2D eigenvalue weighted by molar-refractivity contribution is 0.199. The number of aliphatic hydroxyl groups is 1. The largest absolute Gasteiger partial charge is 0.491 e. The van der Waals surface area contributed by atoms with E-state index in [2.05, 4.69) is 0 Å². The molecule has 0 aliphatic carbocycles. The van der Waals surface area contributed by atoms with Crippen molar-refractivity contribution in [3.05, 3.63) is 28.8 Å². The van der Waals surface area contributed by atoms with Gasteiger partial charge in [-0.2, -0.15) is 0 Å². The van der Waals surface area contributed by atoms with Crippen LogP contribution in [0.1, 0.15) is 31.9 Å². The van der Waals surface area contributed by atoms with Crippen molar-refractivity contribution in [2.24, 2.45) is 0 Å². The lowest BCUT2D eigenvalue weighted by Crippen LogP contribution is -2.16. The molecule has 1 aromatic carbocycles. The Morgan fingerprint density at radius 1 is 1.37 bits per heavy atom. The number of halogens is 1. The zero-order chi connectivity index (χ0) is 14.5. The van der Waals surface area contributed by atoms with Crippen molar-refractivity contribution < 1.29 is 18.3 Å². The predicted octanol–water partition coefficient (Wildman–Crippen LogP) is 2.60. The Bertz CT molecular complexity index is 511. The summed E-state index contributed by atoms with van der Waals surface area (Å²) in [5.41, 5.74) is 0.691. The quantitative estimate of drug-likeness (QED) is 0.841. The third-order valence-electron chi connectivity index (χ3n) is 2.61. The lowest BCUT2D eigenvalue weighted by atomic mass is 10.1. The maximum absolute atomic E-state index is 11.5. The highest BCUT2D eigenvalue weighted by Crippen LogP contribution is 2.27. The molecule has 0 bridgehead atoms. The molecule has 19 heavy (non-hydrogen) atoms. The smallest absolute Gasteiger partial charge is 0.153 e. The average Bonchev–Trinajstić information content (AvgIpc) is 2.30. The zero-order valence-corrected chi connectivity index (χ0v) is 12.7. The van der Waals surface area contributed by atoms with E-state index in [0.29, 0.717) is 22.8 Å². The number of ether oxygens (including phenoxy) is 1. The van der Waals surface area contributed by atoms with Crippen molar-refractivity contribution in [3.8, 4) is 5.75 Å². The highest BCUT2D eigenvalue weighted by atomic mass is 35.5. The van der Waals surface area contributed by atoms with Crippen LogP contribution in [-0.4, -0.2) is 31.6 Å². The van der Waals surface area contributed by atoms with Crippen LogP contribution in [0.4, 0.5) is 0 Å². The summed E-state index contributed by atoms with van der Waals surface area (Å²) in [4.78, 5) is 0. The van der Waals surface area contributed by atoms with E-state index in [1.54, 1.807) is 25.1 Å². The van der Waals surface area contributed by atoms with E-state index in [4.69, 9.17) is 16.3 Å². The van der Waals surface area contributed by atoms with Gasteiger partial charge in [0.05, 0.1) is 22.6 Å². The first-order chi connectivity index (χ1) is 8.85. The zero-order valence-electron chi connectivity index (χ0n) is 11.1. The molecule has 0 radical (unpaired) electrons. The van der Waals surface area contributed by atoms with Crippen molar-refractivity contribution in [1.29, 1.82) is 0 Å². The van der Waals surface area contributed by atoms with Crippen LogP contribution < -0.4 is 4.74 Å². The molecule has 6 heteroatoms. The monoisotopic (exact) mass is 306 g/mol. The van der Waals surface area contributed by atoms with E-state index in [9.17, 15) is 13.5 Å². The molecule has 0 amide bonds. The van der Waals surface area contributed by atoms with Crippen LogP contribution in [-0.2, 0) is 9.84 Å². The second-order valence-corrected chi connectivity index (χ2v) is 7.08. The summed E-state index contributed by atoms with van der Waals surface area (Å²) in [5.74, 6) is 0.582. The van der Waals surface area contributed by atoms with Crippen LogP contribution in [0, 0.1) is 0 Å². The third-order valence-corrected chi connectivity index (χ3v) is 4.72. The first-order valence-corrected chi connectivity index (χ1v) is 8.36. The van der Waals surface area contributed by atoms with E-state index >= 15 is 0 Å². The first-order valence-electron chi connectivity index (χ1n) is 6.16. The number of benzene rings is 1. The fraction of sp³-hybridized carbons (Fsp3) is 0.538. The van der Waals surface area contributed by atoms with E-state index in [1.165, 1.54) is 0 Å². The highest BCUT2D eigenvalue weighted by molar-refractivity contribution is 7.91. The Labute approximate surface area is 119 Å². The van der Waals surface area contributed by atoms with Crippen LogP contribution in [0.5, 0.6) is 5.75 Å². The van der Waals surface area contributed by atoms with E-state index < -0.39 is 15.9 Å². The molecule has 0 aliphatic rings. The van der Waals surface area contributed by atoms with Gasteiger partial charge in [0.2, 0.25) is 0 Å². The Balaban J connectivity index is 2.59. The minimum Gasteiger partial charge on any atom is -0.491 e. The van der Waals surface area contributed by atoms with Gasteiger partial charge in [-0.15, -0.1) is 0 Å². The molecule has 1 atom stereocenters.